The fourth-order valence-electron chi connectivity index (χ4n) is 3.37. The smallest absolute Gasteiger partial charge is 0.410 e. The van der Waals surface area contributed by atoms with E-state index in [1.807, 2.05) is 26.8 Å². The van der Waals surface area contributed by atoms with Crippen LogP contribution in [0.25, 0.3) is 11.5 Å². The van der Waals surface area contributed by atoms with Crippen molar-refractivity contribution in [1.82, 2.24) is 25.3 Å². The number of aromatic nitrogens is 3. The fourth-order valence-corrected chi connectivity index (χ4v) is 3.37. The van der Waals surface area contributed by atoms with Gasteiger partial charge in [0.2, 0.25) is 0 Å². The van der Waals surface area contributed by atoms with Gasteiger partial charge in [0.15, 0.2) is 5.82 Å². The average molecular weight is 412 g/mol. The second kappa shape index (κ2) is 9.22. The molecule has 30 heavy (non-hydrogen) atoms. The summed E-state index contributed by atoms with van der Waals surface area (Å²) >= 11 is 0. The molecule has 1 unspecified atom stereocenters. The van der Waals surface area contributed by atoms with Gasteiger partial charge in [-0.15, -0.1) is 0 Å². The van der Waals surface area contributed by atoms with Crippen LogP contribution in [0.5, 0.6) is 0 Å². The van der Waals surface area contributed by atoms with Crippen molar-refractivity contribution >= 4 is 6.09 Å². The first-order valence-corrected chi connectivity index (χ1v) is 10.2. The first-order valence-electron chi connectivity index (χ1n) is 10.2. The van der Waals surface area contributed by atoms with Crippen LogP contribution in [0.4, 0.5) is 4.79 Å². The van der Waals surface area contributed by atoms with Gasteiger partial charge in [0, 0.05) is 43.4 Å². The number of nitriles is 1. The van der Waals surface area contributed by atoms with Crippen LogP contribution in [0.3, 0.4) is 0 Å². The summed E-state index contributed by atoms with van der Waals surface area (Å²) in [6.45, 7) is 9.06. The van der Waals surface area contributed by atoms with Gasteiger partial charge in [0.1, 0.15) is 17.4 Å². The highest BCUT2D eigenvalue weighted by Gasteiger charge is 2.27. The van der Waals surface area contributed by atoms with Gasteiger partial charge in [0.25, 0.3) is 5.89 Å². The molecule has 1 amide bonds. The number of pyridine rings is 1. The van der Waals surface area contributed by atoms with Crippen molar-refractivity contribution < 1.29 is 14.1 Å². The van der Waals surface area contributed by atoms with E-state index >= 15 is 0 Å². The molecule has 0 spiro atoms. The molecule has 3 heterocycles. The summed E-state index contributed by atoms with van der Waals surface area (Å²) in [6.07, 6.45) is 3.66. The number of carbonyl (C=O) groups is 1. The molecule has 1 saturated heterocycles. The fraction of sp³-hybridized carbons (Fsp3) is 0.571. The molecule has 2 aromatic heterocycles. The molecule has 0 aliphatic carbocycles. The molecule has 9 heteroatoms. The van der Waals surface area contributed by atoms with Crippen LogP contribution in [0, 0.1) is 11.3 Å². The van der Waals surface area contributed by atoms with Gasteiger partial charge >= 0.3 is 6.09 Å². The Bertz CT molecular complexity index is 906. The number of ether oxygens (including phenoxy) is 1. The summed E-state index contributed by atoms with van der Waals surface area (Å²) in [5.41, 5.74) is 0.506. The van der Waals surface area contributed by atoms with Crippen molar-refractivity contribution in [2.75, 3.05) is 13.1 Å². The second-order valence-corrected chi connectivity index (χ2v) is 8.57. The molecule has 1 N–H and O–H groups in total. The molecule has 3 rings (SSSR count). The zero-order chi connectivity index (χ0) is 21.7. The van der Waals surface area contributed by atoms with Crippen LogP contribution in [-0.4, -0.2) is 56.9 Å². The monoisotopic (exact) mass is 412 g/mol. The Morgan fingerprint density at radius 3 is 2.83 bits per heavy atom. The molecular weight excluding hydrogens is 384 g/mol. The van der Waals surface area contributed by atoms with E-state index in [0.29, 0.717) is 48.5 Å². The predicted octanol–water partition coefficient (Wildman–Crippen LogP) is 2.92. The number of rotatable bonds is 5. The van der Waals surface area contributed by atoms with Crippen LogP contribution in [0.1, 0.15) is 52.1 Å². The van der Waals surface area contributed by atoms with Gasteiger partial charge in [-0.05, 0) is 52.7 Å². The first-order chi connectivity index (χ1) is 14.2. The number of hydrogen-bond acceptors (Lipinski definition) is 8. The third-order valence-electron chi connectivity index (χ3n) is 4.75. The Morgan fingerprint density at radius 2 is 2.17 bits per heavy atom. The largest absolute Gasteiger partial charge is 0.444 e. The summed E-state index contributed by atoms with van der Waals surface area (Å²) in [4.78, 5) is 22.3. The Hall–Kier alpha value is -2.99. The number of nitrogens with zero attached hydrogens (tertiary/aromatic N) is 5. The zero-order valence-corrected chi connectivity index (χ0v) is 17.9. The van der Waals surface area contributed by atoms with E-state index in [0.717, 1.165) is 12.8 Å². The molecule has 1 aliphatic heterocycles. The summed E-state index contributed by atoms with van der Waals surface area (Å²) in [7, 11) is 0. The van der Waals surface area contributed by atoms with E-state index < -0.39 is 5.60 Å². The SMILES string of the molecule is CC(Cc1noc(-c2ccnc(C#N)c2)n1)NC1CCN(C(=O)OC(C)(C)C)CC1. The maximum absolute atomic E-state index is 12.2. The lowest BCUT2D eigenvalue weighted by molar-refractivity contribution is 0.0196. The molecule has 1 aliphatic rings. The van der Waals surface area contributed by atoms with Gasteiger partial charge in [-0.1, -0.05) is 5.16 Å². The van der Waals surface area contributed by atoms with Crippen molar-refractivity contribution in [1.29, 1.82) is 5.26 Å². The lowest BCUT2D eigenvalue weighted by Gasteiger charge is -2.34. The number of carbonyl (C=O) groups excluding carboxylic acids is 1. The Kier molecular flexibility index (Phi) is 6.67. The van der Waals surface area contributed by atoms with Crippen molar-refractivity contribution in [2.24, 2.45) is 0 Å². The normalized spacial score (nSPS) is 16.2. The number of hydrogen-bond donors (Lipinski definition) is 1. The minimum Gasteiger partial charge on any atom is -0.444 e. The van der Waals surface area contributed by atoms with Crippen molar-refractivity contribution in [3.05, 3.63) is 29.8 Å². The summed E-state index contributed by atoms with van der Waals surface area (Å²) < 4.78 is 10.8. The molecule has 160 valence electrons. The van der Waals surface area contributed by atoms with Gasteiger partial charge in [-0.25, -0.2) is 9.78 Å². The Labute approximate surface area is 176 Å². The van der Waals surface area contributed by atoms with Crippen molar-refractivity contribution in [3.8, 4) is 17.5 Å². The van der Waals surface area contributed by atoms with Crippen LogP contribution in [-0.2, 0) is 11.2 Å². The van der Waals surface area contributed by atoms with E-state index in [-0.39, 0.29) is 12.1 Å². The molecule has 0 bridgehead atoms. The van der Waals surface area contributed by atoms with E-state index in [1.165, 1.54) is 0 Å². The number of piperidine rings is 1. The third kappa shape index (κ3) is 6.00. The molecule has 0 aromatic carbocycles. The Morgan fingerprint density at radius 1 is 1.43 bits per heavy atom. The molecule has 9 nitrogen and oxygen atoms in total. The maximum atomic E-state index is 12.2. The molecule has 1 fully saturated rings. The van der Waals surface area contributed by atoms with Gasteiger partial charge in [-0.3, -0.25) is 0 Å². The zero-order valence-electron chi connectivity index (χ0n) is 17.9. The molecule has 2 aromatic rings. The van der Waals surface area contributed by atoms with Crippen LogP contribution >= 0.6 is 0 Å². The topological polar surface area (TPSA) is 117 Å². The number of amides is 1. The van der Waals surface area contributed by atoms with Crippen LogP contribution in [0.2, 0.25) is 0 Å². The van der Waals surface area contributed by atoms with E-state index in [2.05, 4.69) is 27.4 Å². The first kappa shape index (κ1) is 21.7. The highest BCUT2D eigenvalue weighted by molar-refractivity contribution is 5.68. The lowest BCUT2D eigenvalue weighted by atomic mass is 10.0. The van der Waals surface area contributed by atoms with Gasteiger partial charge in [-0.2, -0.15) is 10.2 Å². The third-order valence-corrected chi connectivity index (χ3v) is 4.75. The number of nitrogens with one attached hydrogen (secondary N) is 1. The Balaban J connectivity index is 1.48. The van der Waals surface area contributed by atoms with E-state index in [4.69, 9.17) is 14.5 Å². The van der Waals surface area contributed by atoms with Gasteiger partial charge in [0.05, 0.1) is 0 Å². The minimum absolute atomic E-state index is 0.153. The van der Waals surface area contributed by atoms with E-state index in [1.54, 1.807) is 23.2 Å². The van der Waals surface area contributed by atoms with Crippen molar-refractivity contribution in [2.45, 2.75) is 64.6 Å². The quantitative estimate of drug-likeness (QED) is 0.796. The maximum Gasteiger partial charge on any atom is 0.410 e. The van der Waals surface area contributed by atoms with Crippen molar-refractivity contribution in [3.63, 3.8) is 0 Å². The summed E-state index contributed by atoms with van der Waals surface area (Å²) in [5, 5.41) is 16.6. The highest BCUT2D eigenvalue weighted by atomic mass is 16.6. The number of likely N-dealkylation sites (tertiary alicyclic amines) is 1. The molecule has 0 radical (unpaired) electrons. The lowest BCUT2D eigenvalue weighted by Crippen LogP contribution is -2.48. The average Bonchev–Trinajstić information content (AvgIpc) is 3.15. The second-order valence-electron chi connectivity index (χ2n) is 8.57. The molecule has 1 atom stereocenters. The minimum atomic E-state index is -0.476. The van der Waals surface area contributed by atoms with Gasteiger partial charge < -0.3 is 19.5 Å². The summed E-state index contributed by atoms with van der Waals surface area (Å²) in [6, 6.07) is 5.83. The van der Waals surface area contributed by atoms with Crippen LogP contribution < -0.4 is 5.32 Å². The predicted molar refractivity (Wildman–Crippen MR) is 109 cm³/mol. The molecule has 0 saturated carbocycles. The standard InChI is InChI=1S/C21H28N6O3/c1-14(24-16-6-9-27(10-7-16)20(28)29-21(2,3)4)11-18-25-19(30-26-18)15-5-8-23-17(12-15)13-22/h5,8,12,14,16,24H,6-7,9-11H2,1-4H3. The molecular formula is C21H28N6O3. The highest BCUT2D eigenvalue weighted by Crippen LogP contribution is 2.19. The summed E-state index contributed by atoms with van der Waals surface area (Å²) in [5.74, 6) is 0.980. The van der Waals surface area contributed by atoms with E-state index in [9.17, 15) is 4.79 Å². The van der Waals surface area contributed by atoms with Crippen LogP contribution in [0.15, 0.2) is 22.9 Å².